The zero-order valence-electron chi connectivity index (χ0n) is 15.7. The van der Waals surface area contributed by atoms with Crippen LogP contribution in [0.2, 0.25) is 0 Å². The Balaban J connectivity index is 1.65. The maximum atomic E-state index is 14.2. The zero-order valence-corrected chi connectivity index (χ0v) is 15.7. The third-order valence-corrected chi connectivity index (χ3v) is 5.00. The highest BCUT2D eigenvalue weighted by molar-refractivity contribution is 5.99. The number of likely N-dealkylation sites (tertiary alicyclic amines) is 1. The van der Waals surface area contributed by atoms with Crippen LogP contribution in [0.3, 0.4) is 0 Å². The first-order chi connectivity index (χ1) is 13.4. The van der Waals surface area contributed by atoms with Gasteiger partial charge in [0.05, 0.1) is 25.3 Å². The van der Waals surface area contributed by atoms with Gasteiger partial charge in [-0.3, -0.25) is 9.59 Å². The molecule has 0 bridgehead atoms. The van der Waals surface area contributed by atoms with Crippen LogP contribution in [0, 0.1) is 17.6 Å². The minimum absolute atomic E-state index is 0.0202. The van der Waals surface area contributed by atoms with Gasteiger partial charge in [-0.2, -0.15) is 0 Å². The SMILES string of the molecule is COc1ccc(C(=O)C2CCN(C(=O)c3ccc(OC)cc3F)CC2)c(F)c1. The lowest BCUT2D eigenvalue weighted by Gasteiger charge is -2.31. The molecule has 2 aromatic carbocycles. The van der Waals surface area contributed by atoms with Crippen molar-refractivity contribution in [3.63, 3.8) is 0 Å². The van der Waals surface area contributed by atoms with Crippen molar-refractivity contribution in [2.75, 3.05) is 27.3 Å². The van der Waals surface area contributed by atoms with E-state index in [4.69, 9.17) is 9.47 Å². The molecule has 0 saturated carbocycles. The van der Waals surface area contributed by atoms with Crippen LogP contribution in [0.15, 0.2) is 36.4 Å². The number of ketones is 1. The van der Waals surface area contributed by atoms with Crippen molar-refractivity contribution in [3.8, 4) is 11.5 Å². The molecule has 0 atom stereocenters. The summed E-state index contributed by atoms with van der Waals surface area (Å²) < 4.78 is 38.2. The Morgan fingerprint density at radius 1 is 0.893 bits per heavy atom. The Morgan fingerprint density at radius 2 is 1.39 bits per heavy atom. The molecule has 0 radical (unpaired) electrons. The molecule has 0 aliphatic carbocycles. The van der Waals surface area contributed by atoms with Gasteiger partial charge in [0.25, 0.3) is 5.91 Å². The molecule has 1 amide bonds. The second-order valence-electron chi connectivity index (χ2n) is 6.62. The number of amides is 1. The second kappa shape index (κ2) is 8.37. The maximum Gasteiger partial charge on any atom is 0.256 e. The molecule has 3 rings (SSSR count). The first kappa shape index (κ1) is 19.8. The van der Waals surface area contributed by atoms with Gasteiger partial charge in [-0.05, 0) is 37.1 Å². The summed E-state index contributed by atoms with van der Waals surface area (Å²) in [6.07, 6.45) is 0.793. The van der Waals surface area contributed by atoms with E-state index in [0.717, 1.165) is 6.07 Å². The summed E-state index contributed by atoms with van der Waals surface area (Å²) in [7, 11) is 2.85. The first-order valence-corrected chi connectivity index (χ1v) is 8.95. The smallest absolute Gasteiger partial charge is 0.256 e. The van der Waals surface area contributed by atoms with Gasteiger partial charge in [0, 0.05) is 31.1 Å². The summed E-state index contributed by atoms with van der Waals surface area (Å²) in [5.41, 5.74) is -0.0152. The van der Waals surface area contributed by atoms with E-state index < -0.39 is 17.5 Å². The molecule has 0 N–H and O–H groups in total. The Bertz CT molecular complexity index is 818. The van der Waals surface area contributed by atoms with Gasteiger partial charge in [0.2, 0.25) is 0 Å². The number of halogens is 2. The van der Waals surface area contributed by atoms with E-state index in [-0.39, 0.29) is 22.8 Å². The summed E-state index contributed by atoms with van der Waals surface area (Å²) in [4.78, 5) is 26.7. The van der Waals surface area contributed by atoms with Crippen molar-refractivity contribution >= 4 is 11.7 Å². The van der Waals surface area contributed by atoms with Crippen molar-refractivity contribution < 1.29 is 27.8 Å². The molecular weight excluding hydrogens is 368 g/mol. The van der Waals surface area contributed by atoms with E-state index in [1.165, 1.54) is 43.4 Å². The fourth-order valence-electron chi connectivity index (χ4n) is 3.35. The average molecular weight is 389 g/mol. The lowest BCUT2D eigenvalue weighted by molar-refractivity contribution is 0.0645. The summed E-state index contributed by atoms with van der Waals surface area (Å²) in [5, 5.41) is 0. The highest BCUT2D eigenvalue weighted by Crippen LogP contribution is 2.26. The number of piperidine rings is 1. The van der Waals surface area contributed by atoms with E-state index in [2.05, 4.69) is 0 Å². The minimum atomic E-state index is -0.650. The lowest BCUT2D eigenvalue weighted by Crippen LogP contribution is -2.40. The van der Waals surface area contributed by atoms with Gasteiger partial charge in [0.1, 0.15) is 23.1 Å². The quantitative estimate of drug-likeness (QED) is 0.732. The number of methoxy groups -OCH3 is 2. The molecule has 0 aromatic heterocycles. The van der Waals surface area contributed by atoms with Crippen molar-refractivity contribution in [3.05, 3.63) is 59.2 Å². The van der Waals surface area contributed by atoms with E-state index >= 15 is 0 Å². The number of hydrogen-bond donors (Lipinski definition) is 0. The van der Waals surface area contributed by atoms with Gasteiger partial charge in [-0.1, -0.05) is 0 Å². The average Bonchev–Trinajstić information content (AvgIpc) is 2.72. The molecule has 7 heteroatoms. The number of Topliss-reactive ketones (excluding diaryl/α,β-unsaturated/α-hetero) is 1. The van der Waals surface area contributed by atoms with Crippen LogP contribution in [0.25, 0.3) is 0 Å². The predicted molar refractivity (Wildman–Crippen MR) is 98.9 cm³/mol. The Hall–Kier alpha value is -2.96. The molecule has 148 valence electrons. The number of nitrogens with zero attached hydrogens (tertiary/aromatic N) is 1. The van der Waals surface area contributed by atoms with Crippen molar-refractivity contribution in [1.82, 2.24) is 4.90 Å². The molecule has 0 unspecified atom stereocenters. The summed E-state index contributed by atoms with van der Waals surface area (Å²) in [6.45, 7) is 0.608. The molecule has 28 heavy (non-hydrogen) atoms. The topological polar surface area (TPSA) is 55.8 Å². The van der Waals surface area contributed by atoms with Crippen LogP contribution in [0.1, 0.15) is 33.6 Å². The third-order valence-electron chi connectivity index (χ3n) is 5.00. The predicted octanol–water partition coefficient (Wildman–Crippen LogP) is 3.72. The number of hydrogen-bond acceptors (Lipinski definition) is 4. The minimum Gasteiger partial charge on any atom is -0.497 e. The molecule has 1 aliphatic rings. The molecular formula is C21H21F2NO4. The summed E-state index contributed by atoms with van der Waals surface area (Å²) in [5.74, 6) is -1.70. The van der Waals surface area contributed by atoms with Crippen LogP contribution in [0.5, 0.6) is 11.5 Å². The zero-order chi connectivity index (χ0) is 20.3. The highest BCUT2D eigenvalue weighted by atomic mass is 19.1. The molecule has 0 spiro atoms. The Morgan fingerprint density at radius 3 is 1.86 bits per heavy atom. The molecule has 1 heterocycles. The number of carbonyl (C=O) groups is 2. The summed E-state index contributed by atoms with van der Waals surface area (Å²) in [6, 6.07) is 8.22. The first-order valence-electron chi connectivity index (χ1n) is 8.95. The highest BCUT2D eigenvalue weighted by Gasteiger charge is 2.30. The van der Waals surface area contributed by atoms with Crippen LogP contribution in [-0.2, 0) is 0 Å². The Kier molecular flexibility index (Phi) is 5.92. The molecule has 5 nitrogen and oxygen atoms in total. The van der Waals surface area contributed by atoms with Crippen LogP contribution in [0.4, 0.5) is 8.78 Å². The number of benzene rings is 2. The molecule has 1 aliphatic heterocycles. The Labute approximate surface area is 161 Å². The van der Waals surface area contributed by atoms with E-state index in [0.29, 0.717) is 37.4 Å². The van der Waals surface area contributed by atoms with Crippen molar-refractivity contribution in [2.45, 2.75) is 12.8 Å². The number of carbonyl (C=O) groups excluding carboxylic acids is 2. The number of rotatable bonds is 5. The van der Waals surface area contributed by atoms with Gasteiger partial charge < -0.3 is 14.4 Å². The van der Waals surface area contributed by atoms with Gasteiger partial charge >= 0.3 is 0 Å². The fraction of sp³-hybridized carbons (Fsp3) is 0.333. The standard InChI is InChI=1S/C21H21F2NO4/c1-27-14-3-5-16(18(22)11-14)20(25)13-7-9-24(10-8-13)21(26)17-6-4-15(28-2)12-19(17)23/h3-6,11-13H,7-10H2,1-2H3. The maximum absolute atomic E-state index is 14.2. The third kappa shape index (κ3) is 3.98. The van der Waals surface area contributed by atoms with Gasteiger partial charge in [-0.25, -0.2) is 8.78 Å². The molecule has 1 fully saturated rings. The molecule has 2 aromatic rings. The van der Waals surface area contributed by atoms with Crippen molar-refractivity contribution in [2.24, 2.45) is 5.92 Å². The fourth-order valence-corrected chi connectivity index (χ4v) is 3.35. The van der Waals surface area contributed by atoms with E-state index in [1.54, 1.807) is 6.07 Å². The normalized spacial score (nSPS) is 14.6. The lowest BCUT2D eigenvalue weighted by atomic mass is 9.88. The van der Waals surface area contributed by atoms with Crippen LogP contribution >= 0.6 is 0 Å². The summed E-state index contributed by atoms with van der Waals surface area (Å²) >= 11 is 0. The number of ether oxygens (including phenoxy) is 2. The monoisotopic (exact) mass is 389 g/mol. The van der Waals surface area contributed by atoms with E-state index in [9.17, 15) is 18.4 Å². The van der Waals surface area contributed by atoms with Gasteiger partial charge in [-0.15, -0.1) is 0 Å². The van der Waals surface area contributed by atoms with Gasteiger partial charge in [0.15, 0.2) is 5.78 Å². The van der Waals surface area contributed by atoms with E-state index in [1.807, 2.05) is 0 Å². The van der Waals surface area contributed by atoms with Crippen LogP contribution < -0.4 is 9.47 Å². The van der Waals surface area contributed by atoms with Crippen molar-refractivity contribution in [1.29, 1.82) is 0 Å². The second-order valence-corrected chi connectivity index (χ2v) is 6.62. The molecule has 1 saturated heterocycles. The van der Waals surface area contributed by atoms with Crippen LogP contribution in [-0.4, -0.2) is 43.9 Å². The largest absolute Gasteiger partial charge is 0.497 e.